The van der Waals surface area contributed by atoms with E-state index in [9.17, 15) is 22.0 Å². The van der Waals surface area contributed by atoms with Crippen molar-refractivity contribution in [2.45, 2.75) is 69.6 Å². The van der Waals surface area contributed by atoms with E-state index in [1.807, 2.05) is 48.9 Å². The van der Waals surface area contributed by atoms with Gasteiger partial charge in [-0.1, -0.05) is 6.07 Å². The van der Waals surface area contributed by atoms with E-state index >= 15 is 0 Å². The van der Waals surface area contributed by atoms with Crippen molar-refractivity contribution < 1.29 is 26.7 Å². The molecule has 4 heterocycles. The van der Waals surface area contributed by atoms with Crippen LogP contribution in [0.5, 0.6) is 0 Å². The van der Waals surface area contributed by atoms with Crippen LogP contribution >= 0.6 is 0 Å². The quantitative estimate of drug-likeness (QED) is 0.421. The molecule has 13 heteroatoms. The SMILES string of the molecule is C[C@@H]1CN(c2cccc(-c3ccc4cnc(CC(=O)N[C@@H]5CCC[C@H]5NS(=O)(=O)C(F)F)cc4n3)n2)C[C@H](C)O1. The van der Waals surface area contributed by atoms with E-state index in [0.717, 1.165) is 30.0 Å². The van der Waals surface area contributed by atoms with Gasteiger partial charge in [0.25, 0.3) is 10.0 Å². The molecule has 0 bridgehead atoms. The number of alkyl halides is 2. The van der Waals surface area contributed by atoms with Gasteiger partial charge in [0, 0.05) is 36.8 Å². The first-order valence-corrected chi connectivity index (χ1v) is 14.8. The normalized spacial score (nSPS) is 23.6. The van der Waals surface area contributed by atoms with E-state index < -0.39 is 27.9 Å². The zero-order valence-corrected chi connectivity index (χ0v) is 23.1. The minimum absolute atomic E-state index is 0.0617. The van der Waals surface area contributed by atoms with Crippen molar-refractivity contribution in [3.8, 4) is 11.4 Å². The largest absolute Gasteiger partial charge is 0.372 e. The van der Waals surface area contributed by atoms with Gasteiger partial charge in [0.1, 0.15) is 5.82 Å². The molecule has 40 heavy (non-hydrogen) atoms. The zero-order chi connectivity index (χ0) is 28.4. The number of halogens is 2. The van der Waals surface area contributed by atoms with Gasteiger partial charge in [-0.3, -0.25) is 9.78 Å². The summed E-state index contributed by atoms with van der Waals surface area (Å²) in [6.45, 7) is 5.60. The molecule has 2 aliphatic rings. The van der Waals surface area contributed by atoms with Crippen molar-refractivity contribution in [1.82, 2.24) is 25.0 Å². The van der Waals surface area contributed by atoms with Gasteiger partial charge in [0.15, 0.2) is 0 Å². The van der Waals surface area contributed by atoms with Crippen LogP contribution in [0.15, 0.2) is 42.6 Å². The number of ether oxygens (including phenoxy) is 1. The molecule has 3 aromatic rings. The minimum atomic E-state index is -4.74. The summed E-state index contributed by atoms with van der Waals surface area (Å²) in [7, 11) is -4.74. The summed E-state index contributed by atoms with van der Waals surface area (Å²) in [4.78, 5) is 28.9. The van der Waals surface area contributed by atoms with Crippen molar-refractivity contribution >= 4 is 32.7 Å². The van der Waals surface area contributed by atoms with E-state index in [1.165, 1.54) is 0 Å². The highest BCUT2D eigenvalue weighted by atomic mass is 32.2. The maximum atomic E-state index is 12.8. The van der Waals surface area contributed by atoms with Crippen LogP contribution in [-0.4, -0.2) is 72.4 Å². The van der Waals surface area contributed by atoms with E-state index in [2.05, 4.69) is 15.2 Å². The number of hydrogen-bond acceptors (Lipinski definition) is 8. The molecule has 1 saturated heterocycles. The molecular weight excluding hydrogens is 542 g/mol. The number of morpholine rings is 1. The topological polar surface area (TPSA) is 126 Å². The van der Waals surface area contributed by atoms with Crippen LogP contribution in [0.3, 0.4) is 0 Å². The molecule has 2 fully saturated rings. The molecule has 0 unspecified atom stereocenters. The van der Waals surface area contributed by atoms with Crippen LogP contribution in [0, 0.1) is 0 Å². The van der Waals surface area contributed by atoms with Crippen LogP contribution in [0.1, 0.15) is 38.8 Å². The Balaban J connectivity index is 1.29. The Morgan fingerprint density at radius 3 is 2.55 bits per heavy atom. The molecule has 10 nitrogen and oxygen atoms in total. The number of carbonyl (C=O) groups excluding carboxylic acids is 1. The van der Waals surface area contributed by atoms with Gasteiger partial charge in [0.05, 0.1) is 41.2 Å². The van der Waals surface area contributed by atoms with Crippen LogP contribution in [0.4, 0.5) is 14.6 Å². The Morgan fingerprint density at radius 2 is 1.80 bits per heavy atom. The van der Waals surface area contributed by atoms with Crippen LogP contribution in [0.2, 0.25) is 0 Å². The minimum Gasteiger partial charge on any atom is -0.372 e. The molecule has 3 aromatic heterocycles. The molecule has 2 N–H and O–H groups in total. The zero-order valence-electron chi connectivity index (χ0n) is 22.3. The standard InChI is InChI=1S/C27H32F2N6O4S/c1-16-14-35(15-17(2)39-16)25-8-4-6-20(32-25)22-10-9-18-13-30-19(11-24(18)31-22)12-26(36)33-21-5-3-7-23(21)34-40(37,38)27(28)29/h4,6,8-11,13,16-17,21,23,27,34H,3,5,7,12,14-15H2,1-2H3,(H,33,36)/t16-,17+,21-,23-/m1/s1. The molecule has 214 valence electrons. The van der Waals surface area contributed by atoms with E-state index in [1.54, 1.807) is 12.3 Å². The second-order valence-electron chi connectivity index (χ2n) is 10.4. The lowest BCUT2D eigenvalue weighted by molar-refractivity contribution is -0.121. The first-order chi connectivity index (χ1) is 19.1. The van der Waals surface area contributed by atoms with Crippen LogP contribution < -0.4 is 14.9 Å². The number of fused-ring (bicyclic) bond motifs is 1. The van der Waals surface area contributed by atoms with E-state index in [-0.39, 0.29) is 24.5 Å². The number of anilines is 1. The highest BCUT2D eigenvalue weighted by molar-refractivity contribution is 7.89. The number of aromatic nitrogens is 3. The highest BCUT2D eigenvalue weighted by Crippen LogP contribution is 2.25. The highest BCUT2D eigenvalue weighted by Gasteiger charge is 2.35. The Morgan fingerprint density at radius 1 is 1.07 bits per heavy atom. The second kappa shape index (κ2) is 11.7. The average molecular weight is 575 g/mol. The molecule has 1 amide bonds. The number of nitrogens with one attached hydrogen (secondary N) is 2. The third-order valence-corrected chi connectivity index (χ3v) is 8.23. The Kier molecular flexibility index (Phi) is 8.24. The number of nitrogens with zero attached hydrogens (tertiary/aromatic N) is 4. The number of pyridine rings is 3. The third kappa shape index (κ3) is 6.53. The summed E-state index contributed by atoms with van der Waals surface area (Å²) in [6, 6.07) is 10.0. The van der Waals surface area contributed by atoms with Crippen molar-refractivity contribution in [3.63, 3.8) is 0 Å². The number of sulfonamides is 1. The van der Waals surface area contributed by atoms with Gasteiger partial charge >= 0.3 is 5.76 Å². The number of hydrogen-bond donors (Lipinski definition) is 2. The number of amides is 1. The van der Waals surface area contributed by atoms with Gasteiger partial charge in [0.2, 0.25) is 5.91 Å². The molecular formula is C27H32F2N6O4S. The predicted octanol–water partition coefficient (Wildman–Crippen LogP) is 3.03. The average Bonchev–Trinajstić information content (AvgIpc) is 3.33. The van der Waals surface area contributed by atoms with E-state index in [4.69, 9.17) is 14.7 Å². The molecule has 1 aliphatic carbocycles. The predicted molar refractivity (Wildman–Crippen MR) is 146 cm³/mol. The summed E-state index contributed by atoms with van der Waals surface area (Å²) in [6.07, 6.45) is 3.28. The fourth-order valence-electron chi connectivity index (χ4n) is 5.36. The van der Waals surface area contributed by atoms with Crippen LogP contribution in [-0.2, 0) is 26.0 Å². The Hall–Kier alpha value is -3.29. The molecule has 0 spiro atoms. The molecule has 5 rings (SSSR count). The number of carbonyl (C=O) groups is 1. The van der Waals surface area contributed by atoms with Gasteiger partial charge < -0.3 is 15.0 Å². The van der Waals surface area contributed by atoms with Gasteiger partial charge in [-0.2, -0.15) is 8.78 Å². The lowest BCUT2D eigenvalue weighted by Crippen LogP contribution is -2.50. The molecule has 0 aromatic carbocycles. The third-order valence-electron chi connectivity index (χ3n) is 7.12. The van der Waals surface area contributed by atoms with Crippen molar-refractivity contribution in [2.24, 2.45) is 0 Å². The summed E-state index contributed by atoms with van der Waals surface area (Å²) >= 11 is 0. The van der Waals surface area contributed by atoms with Crippen molar-refractivity contribution in [1.29, 1.82) is 0 Å². The first-order valence-electron chi connectivity index (χ1n) is 13.3. The monoisotopic (exact) mass is 574 g/mol. The lowest BCUT2D eigenvalue weighted by atomic mass is 10.1. The number of rotatable bonds is 8. The smallest absolute Gasteiger partial charge is 0.350 e. The van der Waals surface area contributed by atoms with Gasteiger partial charge in [-0.05, 0) is 63.4 Å². The van der Waals surface area contributed by atoms with Gasteiger partial charge in [-0.25, -0.2) is 23.1 Å². The second-order valence-corrected chi connectivity index (χ2v) is 12.1. The summed E-state index contributed by atoms with van der Waals surface area (Å²) < 4.78 is 56.6. The maximum absolute atomic E-state index is 12.8. The summed E-state index contributed by atoms with van der Waals surface area (Å²) in [5.41, 5.74) is 2.54. The van der Waals surface area contributed by atoms with E-state index in [0.29, 0.717) is 36.2 Å². The summed E-state index contributed by atoms with van der Waals surface area (Å²) in [5, 5.41) is 3.58. The van der Waals surface area contributed by atoms with Crippen molar-refractivity contribution in [2.75, 3.05) is 18.0 Å². The summed E-state index contributed by atoms with van der Waals surface area (Å²) in [5.74, 6) is -3.04. The fraction of sp³-hybridized carbons (Fsp3) is 0.481. The Bertz CT molecular complexity index is 1480. The molecule has 4 atom stereocenters. The molecule has 1 aliphatic heterocycles. The first kappa shape index (κ1) is 28.2. The maximum Gasteiger partial charge on any atom is 0.350 e. The molecule has 1 saturated carbocycles. The van der Waals surface area contributed by atoms with Crippen molar-refractivity contribution in [3.05, 3.63) is 48.3 Å². The Labute approximate surface area is 231 Å². The molecule has 0 radical (unpaired) electrons. The van der Waals surface area contributed by atoms with Gasteiger partial charge in [-0.15, -0.1) is 0 Å². The van der Waals surface area contributed by atoms with Crippen LogP contribution in [0.25, 0.3) is 22.3 Å². The fourth-order valence-corrected chi connectivity index (χ4v) is 6.17. The lowest BCUT2D eigenvalue weighted by Gasteiger charge is -2.36.